The summed E-state index contributed by atoms with van der Waals surface area (Å²) in [7, 11) is 1.56. The summed E-state index contributed by atoms with van der Waals surface area (Å²) in [5, 5.41) is 8.52. The Kier molecular flexibility index (Phi) is 3.97. The van der Waals surface area contributed by atoms with E-state index in [-0.39, 0.29) is 6.42 Å². The van der Waals surface area contributed by atoms with Crippen LogP contribution in [-0.2, 0) is 11.2 Å². The Labute approximate surface area is 88.7 Å². The molecule has 0 saturated carbocycles. The molecule has 15 heavy (non-hydrogen) atoms. The second kappa shape index (κ2) is 5.24. The molecule has 0 amide bonds. The predicted molar refractivity (Wildman–Crippen MR) is 58.0 cm³/mol. The topological polar surface area (TPSA) is 72.5 Å². The van der Waals surface area contributed by atoms with Crippen molar-refractivity contribution in [2.24, 2.45) is 0 Å². The molecule has 0 spiro atoms. The lowest BCUT2D eigenvalue weighted by Crippen LogP contribution is -2.00. The number of rotatable bonds is 5. The first-order valence-corrected chi connectivity index (χ1v) is 4.78. The number of carbonyl (C=O) groups is 1. The summed E-state index contributed by atoms with van der Waals surface area (Å²) in [5.41, 5.74) is 7.27. The third kappa shape index (κ3) is 3.16. The molecule has 3 N–H and O–H groups in total. The maximum atomic E-state index is 10.4. The molecule has 4 heteroatoms. The number of aryl methyl sites for hydroxylation is 1. The minimum Gasteiger partial charge on any atom is -0.494 e. The number of hydrogen-bond donors (Lipinski definition) is 2. The molecule has 82 valence electrons. The molecule has 0 aromatic heterocycles. The quantitative estimate of drug-likeness (QED) is 0.724. The molecule has 0 heterocycles. The molecule has 0 radical (unpaired) electrons. The molecule has 0 atom stereocenters. The number of anilines is 1. The predicted octanol–water partition coefficient (Wildman–Crippen LogP) is 1.68. The van der Waals surface area contributed by atoms with Crippen molar-refractivity contribution in [3.05, 3.63) is 23.8 Å². The van der Waals surface area contributed by atoms with E-state index in [0.29, 0.717) is 24.3 Å². The van der Waals surface area contributed by atoms with Gasteiger partial charge in [0, 0.05) is 6.42 Å². The highest BCUT2D eigenvalue weighted by atomic mass is 16.5. The van der Waals surface area contributed by atoms with E-state index in [4.69, 9.17) is 15.6 Å². The molecular weight excluding hydrogens is 194 g/mol. The SMILES string of the molecule is COc1c(N)cccc1CCCC(=O)O. The highest BCUT2D eigenvalue weighted by Crippen LogP contribution is 2.26. The van der Waals surface area contributed by atoms with Gasteiger partial charge in [-0.25, -0.2) is 0 Å². The maximum Gasteiger partial charge on any atom is 0.303 e. The van der Waals surface area contributed by atoms with Crippen molar-refractivity contribution in [2.45, 2.75) is 19.3 Å². The van der Waals surface area contributed by atoms with Gasteiger partial charge >= 0.3 is 5.97 Å². The number of aliphatic carboxylic acids is 1. The van der Waals surface area contributed by atoms with E-state index >= 15 is 0 Å². The number of para-hydroxylation sites is 1. The van der Waals surface area contributed by atoms with Crippen LogP contribution >= 0.6 is 0 Å². The van der Waals surface area contributed by atoms with Crippen molar-refractivity contribution < 1.29 is 14.6 Å². The molecule has 0 fully saturated rings. The van der Waals surface area contributed by atoms with Gasteiger partial charge in [-0.3, -0.25) is 4.79 Å². The van der Waals surface area contributed by atoms with Crippen molar-refractivity contribution in [2.75, 3.05) is 12.8 Å². The van der Waals surface area contributed by atoms with Gasteiger partial charge in [0.1, 0.15) is 5.75 Å². The smallest absolute Gasteiger partial charge is 0.303 e. The second-order valence-electron chi connectivity index (χ2n) is 3.29. The normalized spacial score (nSPS) is 9.93. The summed E-state index contributed by atoms with van der Waals surface area (Å²) in [6, 6.07) is 5.50. The number of benzene rings is 1. The van der Waals surface area contributed by atoms with Crippen molar-refractivity contribution in [3.8, 4) is 5.75 Å². The fourth-order valence-electron chi connectivity index (χ4n) is 1.48. The summed E-state index contributed by atoms with van der Waals surface area (Å²) in [4.78, 5) is 10.4. The standard InChI is InChI=1S/C11H15NO3/c1-15-11-8(4-2-6-9(11)12)5-3-7-10(13)14/h2,4,6H,3,5,7,12H2,1H3,(H,13,14). The largest absolute Gasteiger partial charge is 0.494 e. The van der Waals surface area contributed by atoms with Crippen molar-refractivity contribution in [1.29, 1.82) is 0 Å². The molecule has 0 aliphatic rings. The van der Waals surface area contributed by atoms with Crippen LogP contribution in [0.2, 0.25) is 0 Å². The van der Waals surface area contributed by atoms with Crippen LogP contribution in [0.25, 0.3) is 0 Å². The van der Waals surface area contributed by atoms with Crippen LogP contribution in [0.1, 0.15) is 18.4 Å². The fraction of sp³-hybridized carbons (Fsp3) is 0.364. The van der Waals surface area contributed by atoms with Gasteiger partial charge in [-0.2, -0.15) is 0 Å². The molecule has 4 nitrogen and oxygen atoms in total. The molecule has 1 aromatic rings. The number of carboxylic acid groups (broad SMARTS) is 1. The van der Waals surface area contributed by atoms with Gasteiger partial charge in [0.2, 0.25) is 0 Å². The number of ether oxygens (including phenoxy) is 1. The lowest BCUT2D eigenvalue weighted by molar-refractivity contribution is -0.137. The summed E-state index contributed by atoms with van der Waals surface area (Å²) in [6.07, 6.45) is 1.42. The van der Waals surface area contributed by atoms with Crippen molar-refractivity contribution >= 4 is 11.7 Å². The van der Waals surface area contributed by atoms with Gasteiger partial charge in [-0.15, -0.1) is 0 Å². The Bertz CT molecular complexity index is 350. The fourth-order valence-corrected chi connectivity index (χ4v) is 1.48. The first-order chi connectivity index (χ1) is 7.15. The Morgan fingerprint density at radius 1 is 1.53 bits per heavy atom. The summed E-state index contributed by atoms with van der Waals surface area (Å²) < 4.78 is 5.16. The Balaban J connectivity index is 2.67. The van der Waals surface area contributed by atoms with Crippen LogP contribution in [0.5, 0.6) is 5.75 Å². The van der Waals surface area contributed by atoms with Gasteiger partial charge in [-0.05, 0) is 24.5 Å². The highest BCUT2D eigenvalue weighted by Gasteiger charge is 2.06. The number of nitrogen functional groups attached to an aromatic ring is 1. The first kappa shape index (κ1) is 11.4. The van der Waals surface area contributed by atoms with Crippen LogP contribution in [0.3, 0.4) is 0 Å². The average molecular weight is 209 g/mol. The van der Waals surface area contributed by atoms with Gasteiger partial charge in [-0.1, -0.05) is 12.1 Å². The Hall–Kier alpha value is -1.71. The maximum absolute atomic E-state index is 10.4. The molecular formula is C11H15NO3. The first-order valence-electron chi connectivity index (χ1n) is 4.78. The summed E-state index contributed by atoms with van der Waals surface area (Å²) >= 11 is 0. The zero-order chi connectivity index (χ0) is 11.3. The van der Waals surface area contributed by atoms with Crippen LogP contribution in [-0.4, -0.2) is 18.2 Å². The Morgan fingerprint density at radius 3 is 2.87 bits per heavy atom. The van der Waals surface area contributed by atoms with Gasteiger partial charge in [0.05, 0.1) is 12.8 Å². The molecule has 0 aliphatic carbocycles. The third-order valence-corrected chi connectivity index (χ3v) is 2.17. The van der Waals surface area contributed by atoms with E-state index < -0.39 is 5.97 Å². The number of carboxylic acids is 1. The summed E-state index contributed by atoms with van der Waals surface area (Å²) in [6.45, 7) is 0. The number of nitrogens with two attached hydrogens (primary N) is 1. The van der Waals surface area contributed by atoms with E-state index in [1.54, 1.807) is 13.2 Å². The lowest BCUT2D eigenvalue weighted by atomic mass is 10.1. The monoisotopic (exact) mass is 209 g/mol. The second-order valence-corrected chi connectivity index (χ2v) is 3.29. The highest BCUT2D eigenvalue weighted by molar-refractivity contribution is 5.66. The van der Waals surface area contributed by atoms with Crippen LogP contribution < -0.4 is 10.5 Å². The third-order valence-electron chi connectivity index (χ3n) is 2.17. The minimum atomic E-state index is -0.780. The van der Waals surface area contributed by atoms with E-state index in [2.05, 4.69) is 0 Å². The summed E-state index contributed by atoms with van der Waals surface area (Å²) in [5.74, 6) is -0.124. The number of methoxy groups -OCH3 is 1. The van der Waals surface area contributed by atoms with Crippen molar-refractivity contribution in [1.82, 2.24) is 0 Å². The van der Waals surface area contributed by atoms with E-state index in [1.165, 1.54) is 0 Å². The molecule has 0 unspecified atom stereocenters. The van der Waals surface area contributed by atoms with Gasteiger partial charge in [0.15, 0.2) is 0 Å². The molecule has 0 aliphatic heterocycles. The number of hydrogen-bond acceptors (Lipinski definition) is 3. The van der Waals surface area contributed by atoms with Gasteiger partial charge in [0.25, 0.3) is 0 Å². The van der Waals surface area contributed by atoms with Crippen LogP contribution in [0, 0.1) is 0 Å². The lowest BCUT2D eigenvalue weighted by Gasteiger charge is -2.09. The van der Waals surface area contributed by atoms with E-state index in [1.807, 2.05) is 12.1 Å². The van der Waals surface area contributed by atoms with Crippen LogP contribution in [0.4, 0.5) is 5.69 Å². The Morgan fingerprint density at radius 2 is 2.27 bits per heavy atom. The molecule has 0 bridgehead atoms. The molecule has 1 aromatic carbocycles. The van der Waals surface area contributed by atoms with Gasteiger partial charge < -0.3 is 15.6 Å². The molecule has 1 rings (SSSR count). The van der Waals surface area contributed by atoms with E-state index in [9.17, 15) is 4.79 Å². The van der Waals surface area contributed by atoms with Crippen molar-refractivity contribution in [3.63, 3.8) is 0 Å². The zero-order valence-corrected chi connectivity index (χ0v) is 8.69. The van der Waals surface area contributed by atoms with E-state index in [0.717, 1.165) is 5.56 Å². The average Bonchev–Trinajstić information content (AvgIpc) is 2.17. The minimum absolute atomic E-state index is 0.165. The molecule has 0 saturated heterocycles. The zero-order valence-electron chi connectivity index (χ0n) is 8.69. The van der Waals surface area contributed by atoms with Crippen LogP contribution in [0.15, 0.2) is 18.2 Å².